The van der Waals surface area contributed by atoms with Gasteiger partial charge in [0.2, 0.25) is 5.91 Å². The number of methoxy groups -OCH3 is 1. The molecule has 0 unspecified atom stereocenters. The first kappa shape index (κ1) is 19.6. The van der Waals surface area contributed by atoms with Crippen LogP contribution < -0.4 is 9.64 Å². The van der Waals surface area contributed by atoms with E-state index in [9.17, 15) is 14.4 Å². The van der Waals surface area contributed by atoms with E-state index < -0.39 is 0 Å². The lowest BCUT2D eigenvalue weighted by Gasteiger charge is -2.29. The van der Waals surface area contributed by atoms with Crippen molar-refractivity contribution < 1.29 is 19.1 Å². The van der Waals surface area contributed by atoms with E-state index in [0.29, 0.717) is 22.6 Å². The van der Waals surface area contributed by atoms with Gasteiger partial charge >= 0.3 is 0 Å². The van der Waals surface area contributed by atoms with Gasteiger partial charge in [0.1, 0.15) is 12.4 Å². The van der Waals surface area contributed by atoms with Gasteiger partial charge in [0, 0.05) is 12.1 Å². The number of hydrogen-bond donors (Lipinski definition) is 0. The van der Waals surface area contributed by atoms with Crippen LogP contribution in [0.2, 0.25) is 0 Å². The second-order valence-electron chi connectivity index (χ2n) is 7.98. The summed E-state index contributed by atoms with van der Waals surface area (Å²) in [6, 6.07) is 13.7. The number of fused-ring (bicyclic) bond motifs is 1. The van der Waals surface area contributed by atoms with Crippen molar-refractivity contribution in [1.29, 1.82) is 0 Å². The number of anilines is 1. The van der Waals surface area contributed by atoms with Crippen molar-refractivity contribution in [1.82, 2.24) is 4.90 Å². The molecule has 0 radical (unpaired) electrons. The number of carbonyl (C=O) groups excluding carboxylic acids is 3. The predicted molar refractivity (Wildman–Crippen MR) is 106 cm³/mol. The van der Waals surface area contributed by atoms with Crippen LogP contribution in [0, 0.1) is 5.41 Å². The normalized spacial score (nSPS) is 13.5. The average molecular weight is 380 g/mol. The van der Waals surface area contributed by atoms with E-state index in [0.717, 1.165) is 4.90 Å². The Hall–Kier alpha value is -3.15. The van der Waals surface area contributed by atoms with Crippen LogP contribution in [0.4, 0.5) is 5.69 Å². The molecule has 3 rings (SSSR count). The van der Waals surface area contributed by atoms with Crippen LogP contribution >= 0.6 is 0 Å². The highest BCUT2D eigenvalue weighted by molar-refractivity contribution is 6.21. The molecule has 2 aromatic carbocycles. The van der Waals surface area contributed by atoms with Crippen molar-refractivity contribution in [3.8, 4) is 5.75 Å². The summed E-state index contributed by atoms with van der Waals surface area (Å²) >= 11 is 0. The van der Waals surface area contributed by atoms with Crippen molar-refractivity contribution in [3.05, 3.63) is 59.7 Å². The summed E-state index contributed by atoms with van der Waals surface area (Å²) in [5, 5.41) is 0. The first-order chi connectivity index (χ1) is 13.2. The molecule has 146 valence electrons. The number of hydrogen-bond acceptors (Lipinski definition) is 4. The summed E-state index contributed by atoms with van der Waals surface area (Å²) in [5.41, 5.74) is 1.10. The van der Waals surface area contributed by atoms with Gasteiger partial charge in [-0.15, -0.1) is 0 Å². The van der Waals surface area contributed by atoms with Crippen molar-refractivity contribution in [2.24, 2.45) is 5.41 Å². The first-order valence-electron chi connectivity index (χ1n) is 9.11. The summed E-state index contributed by atoms with van der Waals surface area (Å²) in [6.45, 7) is 5.78. The van der Waals surface area contributed by atoms with Crippen molar-refractivity contribution >= 4 is 23.4 Å². The highest BCUT2D eigenvalue weighted by Gasteiger charge is 2.37. The molecule has 0 fully saturated rings. The molecule has 1 aliphatic heterocycles. The lowest BCUT2D eigenvalue weighted by molar-refractivity contribution is -0.120. The lowest BCUT2D eigenvalue weighted by Crippen LogP contribution is -2.45. The smallest absolute Gasteiger partial charge is 0.263 e. The second kappa shape index (κ2) is 7.46. The number of nitrogens with zero attached hydrogens (tertiary/aromatic N) is 2. The molecule has 0 aromatic heterocycles. The van der Waals surface area contributed by atoms with Crippen molar-refractivity contribution in [2.75, 3.05) is 18.7 Å². The minimum atomic E-state index is -0.386. The molecule has 0 saturated heterocycles. The van der Waals surface area contributed by atoms with E-state index >= 15 is 0 Å². The standard InChI is InChI=1S/C22H24N2O4/c1-22(2,3)13-19(25)23(15-9-11-16(28-4)12-10-15)14-24-20(26)17-7-5-6-8-18(17)21(24)27/h5-12H,13-14H2,1-4H3. The molecule has 0 saturated carbocycles. The summed E-state index contributed by atoms with van der Waals surface area (Å²) < 4.78 is 5.18. The van der Waals surface area contributed by atoms with Crippen LogP contribution in [0.15, 0.2) is 48.5 Å². The molecule has 1 heterocycles. The summed E-state index contributed by atoms with van der Waals surface area (Å²) in [6.07, 6.45) is 0.280. The topological polar surface area (TPSA) is 66.9 Å². The van der Waals surface area contributed by atoms with Gasteiger partial charge in [-0.05, 0) is 41.8 Å². The molecular formula is C22H24N2O4. The zero-order valence-corrected chi connectivity index (χ0v) is 16.6. The fourth-order valence-electron chi connectivity index (χ4n) is 3.12. The van der Waals surface area contributed by atoms with Gasteiger partial charge in [-0.25, -0.2) is 0 Å². The zero-order valence-electron chi connectivity index (χ0n) is 16.6. The van der Waals surface area contributed by atoms with Crippen LogP contribution in [0.3, 0.4) is 0 Å². The second-order valence-corrected chi connectivity index (χ2v) is 7.98. The molecule has 28 heavy (non-hydrogen) atoms. The Morgan fingerprint density at radius 3 is 1.96 bits per heavy atom. The van der Waals surface area contributed by atoms with Crippen LogP contribution in [0.1, 0.15) is 47.9 Å². The third kappa shape index (κ3) is 3.91. The Morgan fingerprint density at radius 1 is 0.964 bits per heavy atom. The Kier molecular flexibility index (Phi) is 5.23. The van der Waals surface area contributed by atoms with E-state index in [4.69, 9.17) is 4.74 Å². The summed E-state index contributed by atoms with van der Waals surface area (Å²) in [5.74, 6) is -0.271. The maximum Gasteiger partial charge on any atom is 0.263 e. The van der Waals surface area contributed by atoms with Gasteiger partial charge in [-0.1, -0.05) is 32.9 Å². The van der Waals surface area contributed by atoms with Crippen LogP contribution in [0.25, 0.3) is 0 Å². The number of benzene rings is 2. The molecule has 1 aliphatic rings. The third-order valence-electron chi connectivity index (χ3n) is 4.53. The fraction of sp³-hybridized carbons (Fsp3) is 0.318. The van der Waals surface area contributed by atoms with E-state index in [1.807, 2.05) is 20.8 Å². The van der Waals surface area contributed by atoms with Gasteiger partial charge in [-0.3, -0.25) is 24.2 Å². The third-order valence-corrected chi connectivity index (χ3v) is 4.53. The largest absolute Gasteiger partial charge is 0.497 e. The van der Waals surface area contributed by atoms with Crippen LogP contribution in [-0.4, -0.2) is 36.4 Å². The molecule has 0 spiro atoms. The molecule has 6 heteroatoms. The number of ether oxygens (including phenoxy) is 1. The molecule has 3 amide bonds. The molecule has 0 aliphatic carbocycles. The fourth-order valence-corrected chi connectivity index (χ4v) is 3.12. The van der Waals surface area contributed by atoms with E-state index in [1.165, 1.54) is 4.90 Å². The van der Waals surface area contributed by atoms with Crippen LogP contribution in [-0.2, 0) is 4.79 Å². The summed E-state index contributed by atoms with van der Waals surface area (Å²) in [7, 11) is 1.57. The minimum absolute atomic E-state index is 0.131. The van der Waals surface area contributed by atoms with E-state index in [1.54, 1.807) is 55.6 Å². The van der Waals surface area contributed by atoms with Gasteiger partial charge in [-0.2, -0.15) is 0 Å². The van der Waals surface area contributed by atoms with Gasteiger partial charge in [0.05, 0.1) is 18.2 Å². The van der Waals surface area contributed by atoms with Gasteiger partial charge in [0.15, 0.2) is 0 Å². The number of rotatable bonds is 5. The summed E-state index contributed by atoms with van der Waals surface area (Å²) in [4.78, 5) is 41.1. The number of carbonyl (C=O) groups is 3. The zero-order chi connectivity index (χ0) is 20.5. The van der Waals surface area contributed by atoms with E-state index in [2.05, 4.69) is 0 Å². The highest BCUT2D eigenvalue weighted by atomic mass is 16.5. The quantitative estimate of drug-likeness (QED) is 0.742. The highest BCUT2D eigenvalue weighted by Crippen LogP contribution is 2.28. The van der Waals surface area contributed by atoms with Crippen LogP contribution in [0.5, 0.6) is 5.75 Å². The molecule has 6 nitrogen and oxygen atoms in total. The van der Waals surface area contributed by atoms with E-state index in [-0.39, 0.29) is 36.2 Å². The molecule has 0 bridgehead atoms. The van der Waals surface area contributed by atoms with Crippen molar-refractivity contribution in [2.45, 2.75) is 27.2 Å². The maximum absolute atomic E-state index is 13.0. The average Bonchev–Trinajstić information content (AvgIpc) is 2.89. The Morgan fingerprint density at radius 2 is 1.50 bits per heavy atom. The Balaban J connectivity index is 1.92. The van der Waals surface area contributed by atoms with Gasteiger partial charge in [0.25, 0.3) is 11.8 Å². The number of amides is 3. The predicted octanol–water partition coefficient (Wildman–Crippen LogP) is 3.72. The van der Waals surface area contributed by atoms with Crippen molar-refractivity contribution in [3.63, 3.8) is 0 Å². The molecule has 2 aromatic rings. The maximum atomic E-state index is 13.0. The Bertz CT molecular complexity index is 878. The lowest BCUT2D eigenvalue weighted by atomic mass is 9.91. The molecule has 0 atom stereocenters. The minimum Gasteiger partial charge on any atom is -0.497 e. The molecular weight excluding hydrogens is 356 g/mol. The first-order valence-corrected chi connectivity index (χ1v) is 9.11. The number of imide groups is 1. The van der Waals surface area contributed by atoms with Gasteiger partial charge < -0.3 is 4.74 Å². The Labute approximate surface area is 164 Å². The molecule has 0 N–H and O–H groups in total. The monoisotopic (exact) mass is 380 g/mol. The SMILES string of the molecule is COc1ccc(N(CN2C(=O)c3ccccc3C2=O)C(=O)CC(C)(C)C)cc1.